The Morgan fingerprint density at radius 1 is 0.857 bits per heavy atom. The van der Waals surface area contributed by atoms with Gasteiger partial charge in [-0.2, -0.15) is 9.61 Å². The summed E-state index contributed by atoms with van der Waals surface area (Å²) in [4.78, 5) is 0. The summed E-state index contributed by atoms with van der Waals surface area (Å²) in [6, 6.07) is 10.4. The summed E-state index contributed by atoms with van der Waals surface area (Å²) in [7, 11) is 0. The highest BCUT2D eigenvalue weighted by Crippen LogP contribution is 2.27. The molecule has 108 valence electrons. The highest BCUT2D eigenvalue weighted by atomic mass is 15.4. The zero-order valence-electron chi connectivity index (χ0n) is 12.8. The van der Waals surface area contributed by atoms with Crippen LogP contribution in [0.1, 0.15) is 37.7 Å². The van der Waals surface area contributed by atoms with Crippen LogP contribution in [0, 0.1) is 0 Å². The molecule has 0 unspecified atom stereocenters. The fraction of sp³-hybridized carbons (Fsp3) is 0.353. The second-order valence-electron chi connectivity index (χ2n) is 5.08. The van der Waals surface area contributed by atoms with Gasteiger partial charge in [-0.05, 0) is 18.4 Å². The Balaban J connectivity index is 2.37. The smallest absolute Gasteiger partial charge is 0.181 e. The molecule has 4 nitrogen and oxygen atoms in total. The Kier molecular flexibility index (Phi) is 3.69. The lowest BCUT2D eigenvalue weighted by atomic mass is 9.98. The minimum absolute atomic E-state index is 0.830. The molecule has 3 rings (SSSR count). The lowest BCUT2D eigenvalue weighted by Crippen LogP contribution is -2.07. The first-order valence-electron chi connectivity index (χ1n) is 7.61. The van der Waals surface area contributed by atoms with Crippen molar-refractivity contribution in [3.05, 3.63) is 47.3 Å². The van der Waals surface area contributed by atoms with Crippen LogP contribution in [0.3, 0.4) is 0 Å². The fourth-order valence-electron chi connectivity index (χ4n) is 2.84. The van der Waals surface area contributed by atoms with Crippen molar-refractivity contribution in [1.29, 1.82) is 0 Å². The average Bonchev–Trinajstić information content (AvgIpc) is 2.96. The summed E-state index contributed by atoms with van der Waals surface area (Å²) in [5.41, 5.74) is 5.66. The van der Waals surface area contributed by atoms with E-state index in [0.29, 0.717) is 0 Å². The minimum Gasteiger partial charge on any atom is -0.196 e. The zero-order chi connectivity index (χ0) is 14.8. The van der Waals surface area contributed by atoms with Crippen molar-refractivity contribution < 1.29 is 0 Å². The Morgan fingerprint density at radius 3 is 2.19 bits per heavy atom. The number of nitrogens with zero attached hydrogens (tertiary/aromatic N) is 4. The van der Waals surface area contributed by atoms with Gasteiger partial charge in [0.25, 0.3) is 0 Å². The number of benzene rings is 1. The van der Waals surface area contributed by atoms with Crippen molar-refractivity contribution in [2.75, 3.05) is 0 Å². The summed E-state index contributed by atoms with van der Waals surface area (Å²) in [6.07, 6.45) is 2.72. The molecule has 0 atom stereocenters. The monoisotopic (exact) mass is 280 g/mol. The van der Waals surface area contributed by atoms with E-state index in [2.05, 4.69) is 55.2 Å². The van der Waals surface area contributed by atoms with E-state index in [0.717, 1.165) is 42.0 Å². The summed E-state index contributed by atoms with van der Waals surface area (Å²) in [5.74, 6) is 0.916. The third-order valence-electron chi connectivity index (χ3n) is 3.90. The van der Waals surface area contributed by atoms with Crippen molar-refractivity contribution >= 4 is 5.65 Å². The van der Waals surface area contributed by atoms with E-state index >= 15 is 0 Å². The molecule has 2 heterocycles. The van der Waals surface area contributed by atoms with Crippen LogP contribution in [-0.2, 0) is 19.3 Å². The molecule has 0 fully saturated rings. The third kappa shape index (κ3) is 2.20. The van der Waals surface area contributed by atoms with E-state index in [4.69, 9.17) is 5.10 Å². The van der Waals surface area contributed by atoms with Crippen LogP contribution in [0.2, 0.25) is 0 Å². The summed E-state index contributed by atoms with van der Waals surface area (Å²) >= 11 is 0. The van der Waals surface area contributed by atoms with Crippen LogP contribution in [0.15, 0.2) is 30.3 Å². The number of hydrogen-bond acceptors (Lipinski definition) is 3. The molecule has 2 aromatic heterocycles. The Hall–Kier alpha value is -2.23. The van der Waals surface area contributed by atoms with E-state index in [1.54, 1.807) is 0 Å². The number of hydrogen-bond donors (Lipinski definition) is 0. The SMILES string of the molecule is CCc1c(-c2ccccc2)nn2c(CC)nnc2c1CC. The quantitative estimate of drug-likeness (QED) is 0.735. The molecule has 0 aliphatic rings. The molecule has 0 N–H and O–H groups in total. The van der Waals surface area contributed by atoms with Crippen LogP contribution in [0.4, 0.5) is 0 Å². The van der Waals surface area contributed by atoms with E-state index in [-0.39, 0.29) is 0 Å². The number of rotatable bonds is 4. The molecule has 0 aliphatic heterocycles. The van der Waals surface area contributed by atoms with Crippen LogP contribution in [0.5, 0.6) is 0 Å². The topological polar surface area (TPSA) is 43.1 Å². The Morgan fingerprint density at radius 2 is 1.57 bits per heavy atom. The van der Waals surface area contributed by atoms with Crippen LogP contribution >= 0.6 is 0 Å². The second-order valence-corrected chi connectivity index (χ2v) is 5.08. The van der Waals surface area contributed by atoms with E-state index < -0.39 is 0 Å². The summed E-state index contributed by atoms with van der Waals surface area (Å²) in [5, 5.41) is 13.5. The molecular formula is C17H20N4. The maximum absolute atomic E-state index is 4.85. The van der Waals surface area contributed by atoms with Gasteiger partial charge in [0.05, 0.1) is 5.69 Å². The largest absolute Gasteiger partial charge is 0.196 e. The van der Waals surface area contributed by atoms with Crippen molar-refractivity contribution in [3.8, 4) is 11.3 Å². The maximum Gasteiger partial charge on any atom is 0.181 e. The van der Waals surface area contributed by atoms with Gasteiger partial charge in [-0.15, -0.1) is 10.2 Å². The lowest BCUT2D eigenvalue weighted by molar-refractivity contribution is 0.813. The highest BCUT2D eigenvalue weighted by Gasteiger charge is 2.17. The van der Waals surface area contributed by atoms with Gasteiger partial charge in [0.15, 0.2) is 11.5 Å². The molecular weight excluding hydrogens is 260 g/mol. The molecule has 3 aromatic rings. The first kappa shape index (κ1) is 13.7. The molecule has 0 radical (unpaired) electrons. The molecule has 0 aliphatic carbocycles. The van der Waals surface area contributed by atoms with Gasteiger partial charge in [-0.25, -0.2) is 0 Å². The lowest BCUT2D eigenvalue weighted by Gasteiger charge is -2.13. The molecule has 0 bridgehead atoms. The minimum atomic E-state index is 0.830. The maximum atomic E-state index is 4.85. The number of fused-ring (bicyclic) bond motifs is 1. The molecule has 21 heavy (non-hydrogen) atoms. The van der Waals surface area contributed by atoms with E-state index in [9.17, 15) is 0 Å². The molecule has 0 saturated carbocycles. The van der Waals surface area contributed by atoms with E-state index in [1.807, 2.05) is 10.6 Å². The standard InChI is InChI=1S/C17H20N4/c1-4-13-14(5-2)17-19-18-15(6-3)21(17)20-16(13)12-10-8-7-9-11-12/h7-11H,4-6H2,1-3H3. The van der Waals surface area contributed by atoms with Crippen molar-refractivity contribution in [1.82, 2.24) is 19.8 Å². The summed E-state index contributed by atoms with van der Waals surface area (Å²) < 4.78 is 1.92. The van der Waals surface area contributed by atoms with E-state index in [1.165, 1.54) is 11.1 Å². The Labute approximate surface area is 124 Å². The molecule has 4 heteroatoms. The van der Waals surface area contributed by atoms with Gasteiger partial charge in [0, 0.05) is 17.5 Å². The molecule has 0 saturated heterocycles. The predicted octanol–water partition coefficient (Wildman–Crippen LogP) is 3.48. The van der Waals surface area contributed by atoms with Gasteiger partial charge < -0.3 is 0 Å². The predicted molar refractivity (Wildman–Crippen MR) is 84.4 cm³/mol. The van der Waals surface area contributed by atoms with Crippen molar-refractivity contribution in [3.63, 3.8) is 0 Å². The van der Waals surface area contributed by atoms with Crippen molar-refractivity contribution in [2.45, 2.75) is 40.0 Å². The highest BCUT2D eigenvalue weighted by molar-refractivity contribution is 5.68. The Bertz CT molecular complexity index is 759. The van der Waals surface area contributed by atoms with Crippen LogP contribution in [0.25, 0.3) is 16.9 Å². The van der Waals surface area contributed by atoms with Gasteiger partial charge >= 0.3 is 0 Å². The first-order chi connectivity index (χ1) is 10.3. The average molecular weight is 280 g/mol. The van der Waals surface area contributed by atoms with Gasteiger partial charge in [0.1, 0.15) is 0 Å². The molecule has 0 spiro atoms. The number of aromatic nitrogens is 4. The molecule has 0 amide bonds. The zero-order valence-corrected chi connectivity index (χ0v) is 12.8. The molecule has 1 aromatic carbocycles. The number of aryl methyl sites for hydroxylation is 2. The van der Waals surface area contributed by atoms with Crippen LogP contribution in [-0.4, -0.2) is 19.8 Å². The fourth-order valence-corrected chi connectivity index (χ4v) is 2.84. The van der Waals surface area contributed by atoms with Gasteiger partial charge in [0.2, 0.25) is 0 Å². The first-order valence-corrected chi connectivity index (χ1v) is 7.61. The third-order valence-corrected chi connectivity index (χ3v) is 3.90. The normalized spacial score (nSPS) is 11.2. The van der Waals surface area contributed by atoms with Gasteiger partial charge in [-0.1, -0.05) is 51.1 Å². The second kappa shape index (κ2) is 5.64. The van der Waals surface area contributed by atoms with Crippen LogP contribution < -0.4 is 0 Å². The van der Waals surface area contributed by atoms with Gasteiger partial charge in [-0.3, -0.25) is 0 Å². The van der Waals surface area contributed by atoms with Crippen molar-refractivity contribution in [2.24, 2.45) is 0 Å². The summed E-state index contributed by atoms with van der Waals surface area (Å²) in [6.45, 7) is 6.43.